The van der Waals surface area contributed by atoms with Crippen molar-refractivity contribution >= 4 is 23.2 Å². The zero-order valence-electron chi connectivity index (χ0n) is 8.97. The van der Waals surface area contributed by atoms with Crippen molar-refractivity contribution in [3.63, 3.8) is 0 Å². The highest BCUT2D eigenvalue weighted by Gasteiger charge is 2.14. The molecule has 0 saturated heterocycles. The van der Waals surface area contributed by atoms with Crippen molar-refractivity contribution in [1.29, 1.82) is 0 Å². The topological polar surface area (TPSA) is 3.24 Å². The molecule has 0 saturated carbocycles. The number of alkyl halides is 3. The van der Waals surface area contributed by atoms with Crippen molar-refractivity contribution in [3.05, 3.63) is 34.6 Å². The maximum Gasteiger partial charge on any atom is 0.251 e. The van der Waals surface area contributed by atoms with E-state index in [1.807, 2.05) is 0 Å². The number of rotatable bonds is 6. The van der Waals surface area contributed by atoms with Gasteiger partial charge in [-0.1, -0.05) is 11.6 Å². The fraction of sp³-hybridized carbons (Fsp3) is 0.455. The SMILES string of the molecule is Fc1ccc(Cl)cc1CN(CCCl)CC(F)F. The van der Waals surface area contributed by atoms with Crippen LogP contribution in [0.4, 0.5) is 13.2 Å². The van der Waals surface area contributed by atoms with Crippen LogP contribution in [-0.2, 0) is 6.54 Å². The van der Waals surface area contributed by atoms with Crippen LogP contribution >= 0.6 is 23.2 Å². The van der Waals surface area contributed by atoms with Crippen molar-refractivity contribution in [2.24, 2.45) is 0 Å². The van der Waals surface area contributed by atoms with E-state index < -0.39 is 18.8 Å². The third-order valence-electron chi connectivity index (χ3n) is 2.20. The molecule has 0 aliphatic heterocycles. The van der Waals surface area contributed by atoms with Gasteiger partial charge in [-0.15, -0.1) is 11.6 Å². The molecule has 0 fully saturated rings. The second kappa shape index (κ2) is 7.09. The van der Waals surface area contributed by atoms with Crippen molar-refractivity contribution in [1.82, 2.24) is 4.90 Å². The summed E-state index contributed by atoms with van der Waals surface area (Å²) in [5, 5.41) is 0.379. The lowest BCUT2D eigenvalue weighted by Crippen LogP contribution is -2.30. The molecule has 0 spiro atoms. The van der Waals surface area contributed by atoms with Gasteiger partial charge in [0.1, 0.15) is 5.82 Å². The molecule has 0 atom stereocenters. The Morgan fingerprint density at radius 2 is 2.00 bits per heavy atom. The summed E-state index contributed by atoms with van der Waals surface area (Å²) in [5.41, 5.74) is 0.295. The number of nitrogens with zero attached hydrogens (tertiary/aromatic N) is 1. The van der Waals surface area contributed by atoms with E-state index in [-0.39, 0.29) is 19.0 Å². The molecule has 6 heteroatoms. The van der Waals surface area contributed by atoms with Crippen LogP contribution in [0.15, 0.2) is 18.2 Å². The molecule has 0 amide bonds. The quantitative estimate of drug-likeness (QED) is 0.719. The van der Waals surface area contributed by atoms with Gasteiger partial charge in [0.05, 0.1) is 6.54 Å². The fourth-order valence-electron chi connectivity index (χ4n) is 1.45. The maximum atomic E-state index is 13.4. The Morgan fingerprint density at radius 3 is 2.59 bits per heavy atom. The lowest BCUT2D eigenvalue weighted by atomic mass is 10.2. The predicted octanol–water partition coefficient (Wildman–Crippen LogP) is 3.79. The van der Waals surface area contributed by atoms with Gasteiger partial charge in [-0.2, -0.15) is 0 Å². The highest BCUT2D eigenvalue weighted by molar-refractivity contribution is 6.30. The molecule has 1 nitrogen and oxygen atoms in total. The molecule has 17 heavy (non-hydrogen) atoms. The molecule has 0 heterocycles. The largest absolute Gasteiger partial charge is 0.292 e. The summed E-state index contributed by atoms with van der Waals surface area (Å²) >= 11 is 11.2. The van der Waals surface area contributed by atoms with Crippen LogP contribution in [0.1, 0.15) is 5.56 Å². The van der Waals surface area contributed by atoms with E-state index in [0.29, 0.717) is 10.6 Å². The number of hydrogen-bond acceptors (Lipinski definition) is 1. The third kappa shape index (κ3) is 5.15. The molecule has 0 radical (unpaired) electrons. The molecule has 0 aliphatic carbocycles. The minimum atomic E-state index is -2.47. The average Bonchev–Trinajstić information content (AvgIpc) is 2.23. The summed E-state index contributed by atoms with van der Waals surface area (Å²) in [6, 6.07) is 4.07. The zero-order valence-corrected chi connectivity index (χ0v) is 10.5. The minimum absolute atomic E-state index is 0.0729. The fourth-order valence-corrected chi connectivity index (χ4v) is 1.89. The smallest absolute Gasteiger partial charge is 0.251 e. The Bertz CT molecular complexity index is 361. The summed E-state index contributed by atoms with van der Waals surface area (Å²) < 4.78 is 38.0. The highest BCUT2D eigenvalue weighted by Crippen LogP contribution is 2.17. The van der Waals surface area contributed by atoms with Gasteiger partial charge in [0.25, 0.3) is 6.43 Å². The number of halogens is 5. The molecule has 1 aromatic carbocycles. The Balaban J connectivity index is 2.74. The van der Waals surface area contributed by atoms with E-state index in [2.05, 4.69) is 0 Å². The Morgan fingerprint density at radius 1 is 1.29 bits per heavy atom. The molecule has 1 aromatic rings. The molecule has 96 valence electrons. The van der Waals surface area contributed by atoms with E-state index in [4.69, 9.17) is 23.2 Å². The molecular formula is C11H12Cl2F3N. The normalized spacial score (nSPS) is 11.5. The molecule has 0 aromatic heterocycles. The van der Waals surface area contributed by atoms with E-state index in [1.54, 1.807) is 0 Å². The Hall–Kier alpha value is -0.450. The summed E-state index contributed by atoms with van der Waals surface area (Å²) in [5.74, 6) is -0.238. The van der Waals surface area contributed by atoms with Crippen LogP contribution < -0.4 is 0 Å². The van der Waals surface area contributed by atoms with Gasteiger partial charge in [-0.3, -0.25) is 4.90 Å². The first-order valence-electron chi connectivity index (χ1n) is 5.03. The first kappa shape index (κ1) is 14.6. The number of benzene rings is 1. The first-order valence-corrected chi connectivity index (χ1v) is 5.94. The van der Waals surface area contributed by atoms with Crippen molar-refractivity contribution < 1.29 is 13.2 Å². The number of hydrogen-bond donors (Lipinski definition) is 0. The van der Waals surface area contributed by atoms with Gasteiger partial charge in [0.15, 0.2) is 0 Å². The van der Waals surface area contributed by atoms with Gasteiger partial charge in [-0.05, 0) is 18.2 Å². The summed E-state index contributed by atoms with van der Waals surface area (Å²) in [6.45, 7) is -0.0834. The van der Waals surface area contributed by atoms with Gasteiger partial charge in [-0.25, -0.2) is 13.2 Å². The van der Waals surface area contributed by atoms with Crippen molar-refractivity contribution in [3.8, 4) is 0 Å². The lowest BCUT2D eigenvalue weighted by Gasteiger charge is -2.21. The monoisotopic (exact) mass is 285 g/mol. The minimum Gasteiger partial charge on any atom is -0.292 e. The molecule has 0 bridgehead atoms. The summed E-state index contributed by atoms with van der Waals surface area (Å²) in [4.78, 5) is 1.40. The maximum absolute atomic E-state index is 13.4. The Labute approximate surface area is 108 Å². The summed E-state index contributed by atoms with van der Waals surface area (Å²) in [7, 11) is 0. The second-order valence-corrected chi connectivity index (χ2v) is 4.37. The standard InChI is InChI=1S/C11H12Cl2F3N/c12-3-4-17(7-11(15)16)6-8-5-9(13)1-2-10(8)14/h1-2,5,11H,3-4,6-7H2. The summed E-state index contributed by atoms with van der Waals surface area (Å²) in [6.07, 6.45) is -2.47. The van der Waals surface area contributed by atoms with Crippen LogP contribution in [0.5, 0.6) is 0 Å². The molecule has 0 aliphatic rings. The third-order valence-corrected chi connectivity index (χ3v) is 2.60. The van der Waals surface area contributed by atoms with Gasteiger partial charge in [0.2, 0.25) is 0 Å². The molecule has 1 rings (SSSR count). The lowest BCUT2D eigenvalue weighted by molar-refractivity contribution is 0.0873. The second-order valence-electron chi connectivity index (χ2n) is 3.55. The molecule has 0 unspecified atom stereocenters. The van der Waals surface area contributed by atoms with Gasteiger partial charge >= 0.3 is 0 Å². The van der Waals surface area contributed by atoms with E-state index in [1.165, 1.54) is 23.1 Å². The predicted molar refractivity (Wildman–Crippen MR) is 63.4 cm³/mol. The van der Waals surface area contributed by atoms with Crippen LogP contribution in [0.2, 0.25) is 5.02 Å². The van der Waals surface area contributed by atoms with Crippen LogP contribution in [0.25, 0.3) is 0 Å². The van der Waals surface area contributed by atoms with Crippen LogP contribution in [0, 0.1) is 5.82 Å². The van der Waals surface area contributed by atoms with E-state index in [0.717, 1.165) is 0 Å². The highest BCUT2D eigenvalue weighted by atomic mass is 35.5. The first-order chi connectivity index (χ1) is 8.02. The van der Waals surface area contributed by atoms with E-state index in [9.17, 15) is 13.2 Å². The Kier molecular flexibility index (Phi) is 6.09. The van der Waals surface area contributed by atoms with Crippen molar-refractivity contribution in [2.45, 2.75) is 13.0 Å². The van der Waals surface area contributed by atoms with Crippen LogP contribution in [0.3, 0.4) is 0 Å². The van der Waals surface area contributed by atoms with Gasteiger partial charge in [0, 0.05) is 29.6 Å². The molecular weight excluding hydrogens is 274 g/mol. The average molecular weight is 286 g/mol. The van der Waals surface area contributed by atoms with Crippen molar-refractivity contribution in [2.75, 3.05) is 19.0 Å². The van der Waals surface area contributed by atoms with E-state index >= 15 is 0 Å². The van der Waals surface area contributed by atoms with Crippen LogP contribution in [-0.4, -0.2) is 30.3 Å². The molecule has 0 N–H and O–H groups in total. The zero-order chi connectivity index (χ0) is 12.8. The van der Waals surface area contributed by atoms with Gasteiger partial charge < -0.3 is 0 Å².